The molecule has 1 N–H and O–H groups in total. The summed E-state index contributed by atoms with van der Waals surface area (Å²) >= 11 is 0. The van der Waals surface area contributed by atoms with E-state index in [4.69, 9.17) is 4.42 Å². The first kappa shape index (κ1) is 21.2. The average Bonchev–Trinajstić information content (AvgIpc) is 3.53. The highest BCUT2D eigenvalue weighted by atomic mass is 32.2. The van der Waals surface area contributed by atoms with Crippen LogP contribution in [0.1, 0.15) is 29.0 Å². The summed E-state index contributed by atoms with van der Waals surface area (Å²) in [6, 6.07) is 17.1. The van der Waals surface area contributed by atoms with Gasteiger partial charge in [-0.1, -0.05) is 18.2 Å². The molecular weight excluding hydrogens is 438 g/mol. The van der Waals surface area contributed by atoms with Gasteiger partial charge in [-0.3, -0.25) is 9.78 Å². The molecule has 0 unspecified atom stereocenters. The Morgan fingerprint density at radius 2 is 1.79 bits per heavy atom. The number of carbonyl (C=O) groups excluding carboxylic acids is 1. The summed E-state index contributed by atoms with van der Waals surface area (Å²) in [5.74, 6) is -0.142. The molecule has 0 bridgehead atoms. The van der Waals surface area contributed by atoms with Crippen molar-refractivity contribution in [2.45, 2.75) is 29.2 Å². The third-order valence-electron chi connectivity index (χ3n) is 5.83. The highest BCUT2D eigenvalue weighted by Gasteiger charge is 2.20. The summed E-state index contributed by atoms with van der Waals surface area (Å²) in [6.07, 6.45) is 5.45. The molecule has 33 heavy (non-hydrogen) atoms. The minimum Gasteiger partial charge on any atom is -0.449 e. The number of aromatic nitrogens is 1. The highest BCUT2D eigenvalue weighted by molar-refractivity contribution is 7.91. The first-order valence-electron chi connectivity index (χ1n) is 10.8. The van der Waals surface area contributed by atoms with Crippen molar-refractivity contribution >= 4 is 32.4 Å². The van der Waals surface area contributed by atoms with Gasteiger partial charge in [-0.2, -0.15) is 0 Å². The third kappa shape index (κ3) is 4.34. The number of furan rings is 1. The Morgan fingerprint density at radius 1 is 1.00 bits per heavy atom. The SMILES string of the molecule is O=C(NCc1ccc(S(=O)(=O)c2cccc(N3CCCC3)c2)cc1)c1cc2ccncc2o1. The zero-order chi connectivity index (χ0) is 22.8. The van der Waals surface area contributed by atoms with Crippen LogP contribution in [0.3, 0.4) is 0 Å². The topological polar surface area (TPSA) is 92.5 Å². The van der Waals surface area contributed by atoms with E-state index in [9.17, 15) is 13.2 Å². The second kappa shape index (κ2) is 8.71. The smallest absolute Gasteiger partial charge is 0.287 e. The summed E-state index contributed by atoms with van der Waals surface area (Å²) < 4.78 is 31.8. The molecular formula is C25H23N3O4S. The minimum absolute atomic E-state index is 0.204. The van der Waals surface area contributed by atoms with Crippen LogP contribution in [0, 0.1) is 0 Å². The Balaban J connectivity index is 1.28. The Bertz CT molecular complexity index is 1370. The van der Waals surface area contributed by atoms with Crippen molar-refractivity contribution in [1.82, 2.24) is 10.3 Å². The number of pyridine rings is 1. The van der Waals surface area contributed by atoms with Crippen molar-refractivity contribution in [3.05, 3.63) is 84.4 Å². The Hall–Kier alpha value is -3.65. The van der Waals surface area contributed by atoms with Crippen molar-refractivity contribution in [1.29, 1.82) is 0 Å². The van der Waals surface area contributed by atoms with Gasteiger partial charge < -0.3 is 14.6 Å². The molecule has 7 nitrogen and oxygen atoms in total. The number of rotatable bonds is 6. The molecule has 1 fully saturated rings. The number of nitrogens with one attached hydrogen (secondary N) is 1. The van der Waals surface area contributed by atoms with Gasteiger partial charge in [0.05, 0.1) is 16.0 Å². The van der Waals surface area contributed by atoms with E-state index in [1.165, 1.54) is 0 Å². The number of carbonyl (C=O) groups is 1. The van der Waals surface area contributed by atoms with E-state index in [0.29, 0.717) is 5.58 Å². The molecule has 0 aliphatic carbocycles. The predicted molar refractivity (Wildman–Crippen MR) is 125 cm³/mol. The molecule has 168 valence electrons. The fourth-order valence-electron chi connectivity index (χ4n) is 4.01. The van der Waals surface area contributed by atoms with Gasteiger partial charge in [-0.25, -0.2) is 8.42 Å². The van der Waals surface area contributed by atoms with Crippen molar-refractivity contribution in [2.75, 3.05) is 18.0 Å². The maximum atomic E-state index is 13.1. The van der Waals surface area contributed by atoms with Crippen molar-refractivity contribution < 1.29 is 17.6 Å². The Labute approximate surface area is 192 Å². The molecule has 1 aliphatic heterocycles. The Kier molecular flexibility index (Phi) is 5.60. The number of amides is 1. The van der Waals surface area contributed by atoms with Crippen LogP contribution < -0.4 is 10.2 Å². The van der Waals surface area contributed by atoms with E-state index >= 15 is 0 Å². The van der Waals surface area contributed by atoms with Crippen LogP contribution in [0.2, 0.25) is 0 Å². The van der Waals surface area contributed by atoms with Crippen LogP contribution >= 0.6 is 0 Å². The molecule has 0 spiro atoms. The van der Waals surface area contributed by atoms with Gasteiger partial charge >= 0.3 is 0 Å². The quantitative estimate of drug-likeness (QED) is 0.463. The first-order valence-corrected chi connectivity index (χ1v) is 12.3. The zero-order valence-electron chi connectivity index (χ0n) is 17.9. The third-order valence-corrected chi connectivity index (χ3v) is 7.60. The molecule has 0 saturated carbocycles. The highest BCUT2D eigenvalue weighted by Crippen LogP contribution is 2.27. The normalized spacial score (nSPS) is 14.0. The van der Waals surface area contributed by atoms with E-state index in [1.807, 2.05) is 6.07 Å². The van der Waals surface area contributed by atoms with Crippen molar-refractivity contribution in [2.24, 2.45) is 0 Å². The molecule has 0 radical (unpaired) electrons. The van der Waals surface area contributed by atoms with Gasteiger partial charge in [0.2, 0.25) is 9.84 Å². The van der Waals surface area contributed by atoms with Gasteiger partial charge in [0, 0.05) is 36.9 Å². The molecule has 0 atom stereocenters. The fourth-order valence-corrected chi connectivity index (χ4v) is 5.31. The van der Waals surface area contributed by atoms with E-state index < -0.39 is 9.84 Å². The van der Waals surface area contributed by atoms with E-state index in [2.05, 4.69) is 15.2 Å². The molecule has 8 heteroatoms. The number of benzene rings is 2. The minimum atomic E-state index is -3.63. The first-order chi connectivity index (χ1) is 16.0. The zero-order valence-corrected chi connectivity index (χ0v) is 18.7. The standard InChI is InChI=1S/C25H23N3O4S/c29-25(23-14-19-10-11-26-17-24(19)32-23)27-16-18-6-8-21(9-7-18)33(30,31)22-5-3-4-20(15-22)28-12-1-2-13-28/h3-11,14-15,17H,1-2,12-13,16H2,(H,27,29). The Morgan fingerprint density at radius 3 is 2.55 bits per heavy atom. The summed E-state index contributed by atoms with van der Waals surface area (Å²) in [6.45, 7) is 2.16. The lowest BCUT2D eigenvalue weighted by molar-refractivity contribution is 0.0925. The van der Waals surface area contributed by atoms with Gasteiger partial charge in [0.25, 0.3) is 5.91 Å². The van der Waals surface area contributed by atoms with Gasteiger partial charge in [-0.05, 0) is 60.9 Å². The number of sulfone groups is 1. The predicted octanol–water partition coefficient (Wildman–Crippen LogP) is 4.19. The second-order valence-corrected chi connectivity index (χ2v) is 10.00. The largest absolute Gasteiger partial charge is 0.449 e. The van der Waals surface area contributed by atoms with Crippen LogP contribution in [0.4, 0.5) is 5.69 Å². The number of fused-ring (bicyclic) bond motifs is 1. The van der Waals surface area contributed by atoms with Gasteiger partial charge in [0.15, 0.2) is 11.3 Å². The monoisotopic (exact) mass is 461 g/mol. The maximum absolute atomic E-state index is 13.1. The maximum Gasteiger partial charge on any atom is 0.287 e. The van der Waals surface area contributed by atoms with Gasteiger partial charge in [0.1, 0.15) is 0 Å². The van der Waals surface area contributed by atoms with Crippen LogP contribution in [-0.2, 0) is 16.4 Å². The molecule has 1 saturated heterocycles. The molecule has 3 heterocycles. The van der Waals surface area contributed by atoms with Crippen molar-refractivity contribution in [3.63, 3.8) is 0 Å². The molecule has 1 aliphatic rings. The fraction of sp³-hybridized carbons (Fsp3) is 0.200. The van der Waals surface area contributed by atoms with E-state index in [1.54, 1.807) is 67.0 Å². The summed E-state index contributed by atoms with van der Waals surface area (Å²) in [4.78, 5) is 19.1. The lowest BCUT2D eigenvalue weighted by atomic mass is 10.2. The summed E-state index contributed by atoms with van der Waals surface area (Å²) in [5, 5.41) is 3.60. The number of nitrogens with zero attached hydrogens (tertiary/aromatic N) is 2. The molecule has 4 aromatic rings. The molecule has 2 aromatic heterocycles. The van der Waals surface area contributed by atoms with Crippen LogP contribution in [0.15, 0.2) is 87.3 Å². The van der Waals surface area contributed by atoms with Crippen molar-refractivity contribution in [3.8, 4) is 0 Å². The van der Waals surface area contributed by atoms with Crippen LogP contribution in [0.5, 0.6) is 0 Å². The summed E-state index contributed by atoms with van der Waals surface area (Å²) in [5.41, 5.74) is 2.27. The lowest BCUT2D eigenvalue weighted by Gasteiger charge is -2.18. The van der Waals surface area contributed by atoms with Gasteiger partial charge in [-0.15, -0.1) is 0 Å². The molecule has 5 rings (SSSR count). The lowest BCUT2D eigenvalue weighted by Crippen LogP contribution is -2.22. The van der Waals surface area contributed by atoms with E-state index in [-0.39, 0.29) is 28.0 Å². The van der Waals surface area contributed by atoms with Crippen LogP contribution in [0.25, 0.3) is 11.0 Å². The molecule has 1 amide bonds. The summed E-state index contributed by atoms with van der Waals surface area (Å²) in [7, 11) is -3.63. The molecule has 2 aromatic carbocycles. The number of anilines is 1. The number of hydrogen-bond donors (Lipinski definition) is 1. The van der Waals surface area contributed by atoms with E-state index in [0.717, 1.165) is 42.6 Å². The van der Waals surface area contributed by atoms with Crippen LogP contribution in [-0.4, -0.2) is 32.4 Å². The average molecular weight is 462 g/mol. The number of hydrogen-bond acceptors (Lipinski definition) is 6. The second-order valence-electron chi connectivity index (χ2n) is 8.05.